The van der Waals surface area contributed by atoms with Gasteiger partial charge in [0, 0.05) is 37.2 Å². The van der Waals surface area contributed by atoms with E-state index in [0.29, 0.717) is 36.4 Å². The van der Waals surface area contributed by atoms with E-state index in [1.807, 2.05) is 37.3 Å². The Kier molecular flexibility index (Phi) is 6.34. The summed E-state index contributed by atoms with van der Waals surface area (Å²) in [5, 5.41) is 15.7. The van der Waals surface area contributed by atoms with E-state index in [9.17, 15) is 9.90 Å². The molecule has 0 spiro atoms. The molecule has 162 valence electrons. The van der Waals surface area contributed by atoms with E-state index in [0.717, 1.165) is 18.7 Å². The zero-order valence-corrected chi connectivity index (χ0v) is 17.5. The number of rotatable bonds is 6. The lowest BCUT2D eigenvalue weighted by molar-refractivity contribution is 0.0335. The molecule has 1 aromatic heterocycles. The van der Waals surface area contributed by atoms with Gasteiger partial charge in [0.25, 0.3) is 0 Å². The highest BCUT2D eigenvalue weighted by molar-refractivity contribution is 5.88. The molecule has 0 amide bonds. The number of nitrogens with two attached hydrogens (primary N) is 1. The molecule has 3 N–H and O–H groups in total. The number of hydrogen-bond donors (Lipinski definition) is 2. The van der Waals surface area contributed by atoms with Crippen molar-refractivity contribution in [1.29, 1.82) is 0 Å². The molecular formula is C24H27N3O4. The molecule has 4 rings (SSSR count). The normalized spacial score (nSPS) is 17.5. The van der Waals surface area contributed by atoms with Crippen molar-refractivity contribution in [1.82, 2.24) is 4.90 Å². The third kappa shape index (κ3) is 4.33. The molecule has 0 bridgehead atoms. The molecule has 2 aromatic carbocycles. The highest BCUT2D eigenvalue weighted by Gasteiger charge is 2.34. The van der Waals surface area contributed by atoms with E-state index < -0.39 is 11.5 Å². The summed E-state index contributed by atoms with van der Waals surface area (Å²) in [7, 11) is 0. The molecule has 2 unspecified atom stereocenters. The number of ether oxygens (including phenoxy) is 1. The molecule has 1 aliphatic rings. The monoisotopic (exact) mass is 421 g/mol. The standard InChI is InChI=1S/C24H27N3O4/c1-16(26-25)19(15-27-11-13-30-14-12-27)21(17-7-3-2-4-8-17)22-23(28)18-9-5-6-10-20(18)31-24(22)29/h2-10,19,21,28H,11-15,25H2,1H3. The first kappa shape index (κ1) is 21.1. The summed E-state index contributed by atoms with van der Waals surface area (Å²) < 4.78 is 11.1. The van der Waals surface area contributed by atoms with E-state index in [-0.39, 0.29) is 17.2 Å². The van der Waals surface area contributed by atoms with Crippen molar-refractivity contribution >= 4 is 16.7 Å². The Labute approximate surface area is 180 Å². The number of morpholine rings is 1. The number of benzene rings is 2. The number of fused-ring (bicyclic) bond motifs is 1. The summed E-state index contributed by atoms with van der Waals surface area (Å²) in [6, 6.07) is 16.7. The molecule has 3 aromatic rings. The fourth-order valence-corrected chi connectivity index (χ4v) is 4.32. The first-order valence-corrected chi connectivity index (χ1v) is 10.4. The number of aromatic hydroxyl groups is 1. The van der Waals surface area contributed by atoms with E-state index >= 15 is 0 Å². The van der Waals surface area contributed by atoms with Crippen LogP contribution in [0.3, 0.4) is 0 Å². The first-order valence-electron chi connectivity index (χ1n) is 10.4. The van der Waals surface area contributed by atoms with Gasteiger partial charge in [-0.25, -0.2) is 4.79 Å². The van der Waals surface area contributed by atoms with Crippen LogP contribution in [0.15, 0.2) is 68.9 Å². The second kappa shape index (κ2) is 9.32. The van der Waals surface area contributed by atoms with E-state index in [2.05, 4.69) is 10.0 Å². The third-order valence-corrected chi connectivity index (χ3v) is 5.99. The minimum atomic E-state index is -0.554. The Bertz CT molecular complexity index is 1120. The van der Waals surface area contributed by atoms with Gasteiger partial charge in [-0.3, -0.25) is 4.90 Å². The fourth-order valence-electron chi connectivity index (χ4n) is 4.32. The lowest BCUT2D eigenvalue weighted by Crippen LogP contribution is -2.43. The minimum Gasteiger partial charge on any atom is -0.507 e. The Morgan fingerprint density at radius 1 is 1.13 bits per heavy atom. The zero-order valence-electron chi connectivity index (χ0n) is 17.5. The first-order chi connectivity index (χ1) is 15.1. The molecule has 1 fully saturated rings. The van der Waals surface area contributed by atoms with Crippen molar-refractivity contribution in [3.8, 4) is 5.75 Å². The zero-order chi connectivity index (χ0) is 21.8. The summed E-state index contributed by atoms with van der Waals surface area (Å²) in [5.74, 6) is 4.95. The van der Waals surface area contributed by atoms with E-state index in [1.54, 1.807) is 24.3 Å². The van der Waals surface area contributed by atoms with Gasteiger partial charge in [0.15, 0.2) is 0 Å². The van der Waals surface area contributed by atoms with Crippen molar-refractivity contribution in [3.05, 3.63) is 76.1 Å². The largest absolute Gasteiger partial charge is 0.507 e. The average molecular weight is 421 g/mol. The average Bonchev–Trinajstić information content (AvgIpc) is 2.81. The molecule has 0 aliphatic carbocycles. The van der Waals surface area contributed by atoms with Crippen LogP contribution in [0.4, 0.5) is 0 Å². The van der Waals surface area contributed by atoms with Crippen LogP contribution in [-0.2, 0) is 4.74 Å². The van der Waals surface area contributed by atoms with Gasteiger partial charge in [-0.05, 0) is 24.6 Å². The summed E-state index contributed by atoms with van der Waals surface area (Å²) in [4.78, 5) is 15.4. The summed E-state index contributed by atoms with van der Waals surface area (Å²) >= 11 is 0. The maximum Gasteiger partial charge on any atom is 0.343 e. The number of nitrogens with zero attached hydrogens (tertiary/aromatic N) is 2. The van der Waals surface area contributed by atoms with Crippen LogP contribution in [0, 0.1) is 5.92 Å². The number of hydrazone groups is 1. The second-order valence-corrected chi connectivity index (χ2v) is 7.83. The van der Waals surface area contributed by atoms with Gasteiger partial charge in [-0.1, -0.05) is 42.5 Å². The molecule has 7 nitrogen and oxygen atoms in total. The summed E-state index contributed by atoms with van der Waals surface area (Å²) in [5.41, 5.74) is 1.62. The van der Waals surface area contributed by atoms with Gasteiger partial charge in [-0.2, -0.15) is 5.10 Å². The van der Waals surface area contributed by atoms with Crippen LogP contribution in [0.5, 0.6) is 5.75 Å². The topological polar surface area (TPSA) is 101 Å². The Balaban J connectivity index is 1.90. The van der Waals surface area contributed by atoms with Gasteiger partial charge >= 0.3 is 5.63 Å². The van der Waals surface area contributed by atoms with Crippen molar-refractivity contribution in [2.45, 2.75) is 12.8 Å². The van der Waals surface area contributed by atoms with Crippen molar-refractivity contribution < 1.29 is 14.3 Å². The summed E-state index contributed by atoms with van der Waals surface area (Å²) in [6.45, 7) is 5.38. The molecular weight excluding hydrogens is 394 g/mol. The maximum absolute atomic E-state index is 13.1. The summed E-state index contributed by atoms with van der Waals surface area (Å²) in [6.07, 6.45) is 0. The predicted octanol–water partition coefficient (Wildman–Crippen LogP) is 2.91. The predicted molar refractivity (Wildman–Crippen MR) is 120 cm³/mol. The maximum atomic E-state index is 13.1. The van der Waals surface area contributed by atoms with Crippen LogP contribution in [0.2, 0.25) is 0 Å². The van der Waals surface area contributed by atoms with Crippen molar-refractivity contribution in [3.63, 3.8) is 0 Å². The highest BCUT2D eigenvalue weighted by atomic mass is 16.5. The van der Waals surface area contributed by atoms with Crippen molar-refractivity contribution in [2.24, 2.45) is 16.9 Å². The van der Waals surface area contributed by atoms with Gasteiger partial charge in [0.1, 0.15) is 11.3 Å². The molecule has 0 radical (unpaired) electrons. The number of hydrogen-bond acceptors (Lipinski definition) is 7. The molecule has 2 atom stereocenters. The van der Waals surface area contributed by atoms with E-state index in [1.165, 1.54) is 0 Å². The minimum absolute atomic E-state index is 0.0579. The molecule has 1 aliphatic heterocycles. The molecule has 7 heteroatoms. The smallest absolute Gasteiger partial charge is 0.343 e. The van der Waals surface area contributed by atoms with Crippen LogP contribution in [-0.4, -0.2) is 48.6 Å². The fraction of sp³-hybridized carbons (Fsp3) is 0.333. The second-order valence-electron chi connectivity index (χ2n) is 7.83. The Morgan fingerprint density at radius 2 is 1.81 bits per heavy atom. The highest BCUT2D eigenvalue weighted by Crippen LogP contribution is 2.39. The van der Waals surface area contributed by atoms with Crippen LogP contribution in [0.1, 0.15) is 24.0 Å². The quantitative estimate of drug-likeness (QED) is 0.275. The molecule has 2 heterocycles. The van der Waals surface area contributed by atoms with Gasteiger partial charge < -0.3 is 20.1 Å². The van der Waals surface area contributed by atoms with Crippen LogP contribution >= 0.6 is 0 Å². The third-order valence-electron chi connectivity index (χ3n) is 5.99. The Morgan fingerprint density at radius 3 is 2.52 bits per heavy atom. The lowest BCUT2D eigenvalue weighted by Gasteiger charge is -2.34. The van der Waals surface area contributed by atoms with Crippen LogP contribution < -0.4 is 11.5 Å². The van der Waals surface area contributed by atoms with Gasteiger partial charge in [0.05, 0.1) is 24.2 Å². The molecule has 1 saturated heterocycles. The Hall–Kier alpha value is -3.16. The van der Waals surface area contributed by atoms with Crippen LogP contribution in [0.25, 0.3) is 11.0 Å². The SMILES string of the molecule is CC(=NN)C(CN1CCOCC1)C(c1ccccc1)c1c(O)c2ccccc2oc1=O. The number of para-hydroxylation sites is 1. The van der Waals surface area contributed by atoms with Gasteiger partial charge in [0.2, 0.25) is 0 Å². The van der Waals surface area contributed by atoms with E-state index in [4.69, 9.17) is 15.0 Å². The lowest BCUT2D eigenvalue weighted by atomic mass is 9.78. The molecule has 31 heavy (non-hydrogen) atoms. The molecule has 0 saturated carbocycles. The van der Waals surface area contributed by atoms with Gasteiger partial charge in [-0.15, -0.1) is 0 Å². The van der Waals surface area contributed by atoms with Crippen molar-refractivity contribution in [2.75, 3.05) is 32.8 Å².